The van der Waals surface area contributed by atoms with Gasteiger partial charge in [-0.2, -0.15) is 0 Å². The highest BCUT2D eigenvalue weighted by molar-refractivity contribution is 9.10. The summed E-state index contributed by atoms with van der Waals surface area (Å²) in [6.45, 7) is 0. The number of carbonyl (C=O) groups is 1. The molecule has 2 heterocycles. The molecule has 1 aromatic carbocycles. The average Bonchev–Trinajstić information content (AvgIpc) is 2.86. The number of halogens is 1. The first-order valence-electron chi connectivity index (χ1n) is 5.84. The van der Waals surface area contributed by atoms with Gasteiger partial charge in [-0.3, -0.25) is 9.78 Å². The molecule has 0 aliphatic rings. The van der Waals surface area contributed by atoms with Gasteiger partial charge in [-0.15, -0.1) is 11.3 Å². The van der Waals surface area contributed by atoms with Crippen LogP contribution in [0.5, 0.6) is 0 Å². The van der Waals surface area contributed by atoms with Gasteiger partial charge in [0.1, 0.15) is 0 Å². The highest BCUT2D eigenvalue weighted by atomic mass is 79.9. The predicted octanol–water partition coefficient (Wildman–Crippen LogP) is 4.48. The van der Waals surface area contributed by atoms with Crippen LogP contribution in [0.4, 0.5) is 0 Å². The number of hydrogen-bond acceptors (Lipinski definition) is 3. The highest BCUT2D eigenvalue weighted by Gasteiger charge is 2.11. The van der Waals surface area contributed by atoms with E-state index in [1.165, 1.54) is 11.3 Å². The van der Waals surface area contributed by atoms with E-state index in [1.807, 2.05) is 41.8 Å². The normalized spacial score (nSPS) is 10.8. The monoisotopic (exact) mass is 331 g/mol. The van der Waals surface area contributed by atoms with Crippen molar-refractivity contribution in [2.45, 2.75) is 6.42 Å². The Bertz CT molecular complexity index is 745. The zero-order valence-electron chi connectivity index (χ0n) is 9.97. The Labute approximate surface area is 123 Å². The molecule has 0 saturated carbocycles. The Hall–Kier alpha value is -1.52. The van der Waals surface area contributed by atoms with Gasteiger partial charge in [-0.25, -0.2) is 0 Å². The van der Waals surface area contributed by atoms with Crippen molar-refractivity contribution in [1.29, 1.82) is 0 Å². The molecule has 0 radical (unpaired) electrons. The Morgan fingerprint density at radius 2 is 2.11 bits per heavy atom. The molecule has 0 saturated heterocycles. The van der Waals surface area contributed by atoms with Crippen molar-refractivity contribution < 1.29 is 4.79 Å². The summed E-state index contributed by atoms with van der Waals surface area (Å²) in [4.78, 5) is 17.3. The van der Waals surface area contributed by atoms with E-state index in [-0.39, 0.29) is 5.78 Å². The largest absolute Gasteiger partial charge is 0.293 e. The Morgan fingerprint density at radius 3 is 2.89 bits per heavy atom. The lowest BCUT2D eigenvalue weighted by molar-refractivity contribution is 0.0997. The molecule has 0 aliphatic carbocycles. The number of hydrogen-bond donors (Lipinski definition) is 0. The summed E-state index contributed by atoms with van der Waals surface area (Å²) in [5.74, 6) is 0.145. The van der Waals surface area contributed by atoms with Gasteiger partial charge in [-0.1, -0.05) is 18.2 Å². The second-order valence-corrected chi connectivity index (χ2v) is 6.04. The minimum absolute atomic E-state index is 0.145. The molecule has 0 amide bonds. The molecular formula is C15H10BrNOS. The predicted molar refractivity (Wildman–Crippen MR) is 81.8 cm³/mol. The number of rotatable bonds is 3. The average molecular weight is 332 g/mol. The second-order valence-electron chi connectivity index (χ2n) is 4.22. The van der Waals surface area contributed by atoms with Gasteiger partial charge < -0.3 is 0 Å². The fourth-order valence-corrected chi connectivity index (χ4v) is 3.40. The van der Waals surface area contributed by atoms with E-state index in [0.717, 1.165) is 25.8 Å². The number of fused-ring (bicyclic) bond motifs is 1. The number of benzene rings is 1. The van der Waals surface area contributed by atoms with E-state index in [2.05, 4.69) is 20.9 Å². The summed E-state index contributed by atoms with van der Waals surface area (Å²) < 4.78 is 0.959. The van der Waals surface area contributed by atoms with Crippen LogP contribution in [0.15, 0.2) is 52.4 Å². The van der Waals surface area contributed by atoms with Crippen molar-refractivity contribution in [1.82, 2.24) is 4.98 Å². The van der Waals surface area contributed by atoms with Gasteiger partial charge >= 0.3 is 0 Å². The minimum Gasteiger partial charge on any atom is -0.293 e. The molecule has 94 valence electrons. The second kappa shape index (κ2) is 5.23. The molecule has 0 bridgehead atoms. The summed E-state index contributed by atoms with van der Waals surface area (Å²) in [6, 6.07) is 11.7. The first-order valence-corrected chi connectivity index (χ1v) is 7.51. The molecule has 19 heavy (non-hydrogen) atoms. The van der Waals surface area contributed by atoms with Crippen LogP contribution < -0.4 is 0 Å². The van der Waals surface area contributed by atoms with Gasteiger partial charge in [0.2, 0.25) is 0 Å². The van der Waals surface area contributed by atoms with Gasteiger partial charge in [-0.05, 0) is 39.7 Å². The molecule has 0 fully saturated rings. The number of aromatic nitrogens is 1. The quantitative estimate of drug-likeness (QED) is 0.662. The molecule has 0 aliphatic heterocycles. The highest BCUT2D eigenvalue weighted by Crippen LogP contribution is 2.23. The van der Waals surface area contributed by atoms with Crippen LogP contribution >= 0.6 is 27.3 Å². The molecule has 0 unspecified atom stereocenters. The van der Waals surface area contributed by atoms with E-state index in [1.54, 1.807) is 6.20 Å². The third-order valence-corrected chi connectivity index (χ3v) is 4.66. The molecular weight excluding hydrogens is 322 g/mol. The lowest BCUT2D eigenvalue weighted by atomic mass is 10.0. The van der Waals surface area contributed by atoms with Crippen LogP contribution in [0.3, 0.4) is 0 Å². The third-order valence-electron chi connectivity index (χ3n) is 2.93. The van der Waals surface area contributed by atoms with Gasteiger partial charge in [0.15, 0.2) is 5.78 Å². The molecule has 0 spiro atoms. The van der Waals surface area contributed by atoms with E-state index in [9.17, 15) is 4.79 Å². The molecule has 0 atom stereocenters. The zero-order valence-corrected chi connectivity index (χ0v) is 12.4. The van der Waals surface area contributed by atoms with Gasteiger partial charge in [0.25, 0.3) is 0 Å². The maximum absolute atomic E-state index is 12.2. The first kappa shape index (κ1) is 12.5. The van der Waals surface area contributed by atoms with E-state index in [0.29, 0.717) is 6.42 Å². The summed E-state index contributed by atoms with van der Waals surface area (Å²) in [5.41, 5.74) is 1.96. The van der Waals surface area contributed by atoms with Crippen molar-refractivity contribution in [2.75, 3.05) is 0 Å². The number of carbonyl (C=O) groups excluding carboxylic acids is 1. The Kier molecular flexibility index (Phi) is 3.44. The summed E-state index contributed by atoms with van der Waals surface area (Å²) in [6.07, 6.45) is 2.17. The van der Waals surface area contributed by atoms with Crippen LogP contribution in [0.25, 0.3) is 10.9 Å². The molecule has 2 aromatic heterocycles. The first-order chi connectivity index (χ1) is 9.24. The van der Waals surface area contributed by atoms with Crippen LogP contribution in [-0.4, -0.2) is 10.8 Å². The fraction of sp³-hybridized carbons (Fsp3) is 0.0667. The fourth-order valence-electron chi connectivity index (χ4n) is 2.03. The smallest absolute Gasteiger partial charge is 0.177 e. The van der Waals surface area contributed by atoms with Crippen molar-refractivity contribution in [2.24, 2.45) is 0 Å². The minimum atomic E-state index is 0.145. The number of pyridine rings is 1. The van der Waals surface area contributed by atoms with Gasteiger partial charge in [0, 0.05) is 27.9 Å². The summed E-state index contributed by atoms with van der Waals surface area (Å²) in [7, 11) is 0. The zero-order chi connectivity index (χ0) is 13.2. The number of nitrogens with zero attached hydrogens (tertiary/aromatic N) is 1. The van der Waals surface area contributed by atoms with Crippen molar-refractivity contribution in [3.05, 3.63) is 62.9 Å². The molecule has 3 aromatic rings. The lowest BCUT2D eigenvalue weighted by Gasteiger charge is -2.04. The molecule has 4 heteroatoms. The van der Waals surface area contributed by atoms with Crippen molar-refractivity contribution in [3.8, 4) is 0 Å². The maximum atomic E-state index is 12.2. The van der Waals surface area contributed by atoms with Crippen molar-refractivity contribution >= 4 is 44.0 Å². The standard InChI is InChI=1S/C15H10BrNOS/c16-11-8-15(19-9-11)14(18)7-10-5-6-17-13-4-2-1-3-12(10)13/h1-6,8-9H,7H2. The topological polar surface area (TPSA) is 30.0 Å². The SMILES string of the molecule is O=C(Cc1ccnc2ccccc12)c1cc(Br)cs1. The van der Waals surface area contributed by atoms with Crippen LogP contribution in [0.2, 0.25) is 0 Å². The molecule has 2 nitrogen and oxygen atoms in total. The van der Waals surface area contributed by atoms with Crippen LogP contribution in [0, 0.1) is 0 Å². The van der Waals surface area contributed by atoms with E-state index >= 15 is 0 Å². The van der Waals surface area contributed by atoms with Gasteiger partial charge in [0.05, 0.1) is 10.4 Å². The number of Topliss-reactive ketones (excluding diaryl/α,β-unsaturated/α-hetero) is 1. The maximum Gasteiger partial charge on any atom is 0.177 e. The number of ketones is 1. The van der Waals surface area contributed by atoms with E-state index < -0.39 is 0 Å². The van der Waals surface area contributed by atoms with Crippen molar-refractivity contribution in [3.63, 3.8) is 0 Å². The van der Waals surface area contributed by atoms with Crippen LogP contribution in [0.1, 0.15) is 15.2 Å². The lowest BCUT2D eigenvalue weighted by Crippen LogP contribution is -2.02. The van der Waals surface area contributed by atoms with Crippen LogP contribution in [-0.2, 0) is 6.42 Å². The summed E-state index contributed by atoms with van der Waals surface area (Å²) in [5, 5.41) is 2.98. The Morgan fingerprint density at radius 1 is 1.26 bits per heavy atom. The molecule has 3 rings (SSSR count). The Balaban J connectivity index is 1.95. The number of para-hydroxylation sites is 1. The number of thiophene rings is 1. The summed E-state index contributed by atoms with van der Waals surface area (Å²) >= 11 is 4.84. The third kappa shape index (κ3) is 2.60. The molecule has 0 N–H and O–H groups in total. The van der Waals surface area contributed by atoms with E-state index in [4.69, 9.17) is 0 Å².